The van der Waals surface area contributed by atoms with E-state index >= 15 is 0 Å². The maximum absolute atomic E-state index is 12.2. The first-order valence-corrected chi connectivity index (χ1v) is 5.83. The van der Waals surface area contributed by atoms with Crippen molar-refractivity contribution >= 4 is 17.7 Å². The van der Waals surface area contributed by atoms with Crippen LogP contribution in [0.5, 0.6) is 0 Å². The van der Waals surface area contributed by atoms with Crippen LogP contribution in [0.2, 0.25) is 0 Å². The van der Waals surface area contributed by atoms with Crippen LogP contribution in [-0.4, -0.2) is 37.1 Å². The molecule has 0 radical (unpaired) electrons. The molecule has 0 aromatic carbocycles. The van der Waals surface area contributed by atoms with E-state index in [0.717, 1.165) is 0 Å². The molecule has 2 aromatic rings. The van der Waals surface area contributed by atoms with Gasteiger partial charge >= 0.3 is 5.97 Å². The van der Waals surface area contributed by atoms with Crippen molar-refractivity contribution in [2.45, 2.75) is 13.8 Å². The molecule has 0 unspecified atom stereocenters. The molecule has 0 fully saturated rings. The van der Waals surface area contributed by atoms with E-state index in [2.05, 4.69) is 25.5 Å². The molecule has 0 aliphatic carbocycles. The summed E-state index contributed by atoms with van der Waals surface area (Å²) in [5.41, 5.74) is -0.346. The summed E-state index contributed by atoms with van der Waals surface area (Å²) in [7, 11) is 0. The van der Waals surface area contributed by atoms with Crippen LogP contribution in [0.25, 0.3) is 0 Å². The van der Waals surface area contributed by atoms with Gasteiger partial charge in [0.15, 0.2) is 11.5 Å². The van der Waals surface area contributed by atoms with Crippen molar-refractivity contribution in [1.82, 2.24) is 20.2 Å². The number of aromatic nitrogens is 4. The van der Waals surface area contributed by atoms with Crippen molar-refractivity contribution < 1.29 is 14.7 Å². The lowest BCUT2D eigenvalue weighted by Gasteiger charge is -2.08. The zero-order valence-electron chi connectivity index (χ0n) is 11.2. The Morgan fingerprint density at radius 2 is 1.90 bits per heavy atom. The number of amides is 1. The van der Waals surface area contributed by atoms with E-state index < -0.39 is 23.1 Å². The van der Waals surface area contributed by atoms with Gasteiger partial charge in [0.05, 0.1) is 5.69 Å². The largest absolute Gasteiger partial charge is 0.476 e. The average molecular weight is 289 g/mol. The molecule has 9 nitrogen and oxygen atoms in total. The van der Waals surface area contributed by atoms with Crippen LogP contribution in [0.1, 0.15) is 32.1 Å². The highest BCUT2D eigenvalue weighted by Crippen LogP contribution is 2.11. The number of hydrogen-bond acceptors (Lipinski definition) is 6. The summed E-state index contributed by atoms with van der Waals surface area (Å²) in [6.07, 6.45) is 2.42. The fraction of sp³-hybridized carbons (Fsp3) is 0.167. The maximum atomic E-state index is 12.2. The molecule has 21 heavy (non-hydrogen) atoms. The second kappa shape index (κ2) is 5.49. The minimum absolute atomic E-state index is 0.149. The second-order valence-electron chi connectivity index (χ2n) is 4.15. The van der Waals surface area contributed by atoms with Crippen LogP contribution in [0, 0.1) is 13.8 Å². The first-order chi connectivity index (χ1) is 9.91. The van der Waals surface area contributed by atoms with Gasteiger partial charge in [-0.3, -0.25) is 9.59 Å². The van der Waals surface area contributed by atoms with E-state index in [0.29, 0.717) is 11.3 Å². The fourth-order valence-electron chi connectivity index (χ4n) is 1.66. The Labute approximate surface area is 118 Å². The smallest absolute Gasteiger partial charge is 0.358 e. The highest BCUT2D eigenvalue weighted by molar-refractivity contribution is 6.06. The zero-order valence-corrected chi connectivity index (χ0v) is 11.2. The predicted octanol–water partition coefficient (Wildman–Crippen LogP) is 0.127. The third-order valence-corrected chi connectivity index (χ3v) is 2.83. The topological polar surface area (TPSA) is 138 Å². The number of carbonyl (C=O) groups excluding carboxylic acids is 1. The monoisotopic (exact) mass is 289 g/mol. The van der Waals surface area contributed by atoms with Crippen LogP contribution in [-0.2, 0) is 0 Å². The summed E-state index contributed by atoms with van der Waals surface area (Å²) >= 11 is 0. The number of hydrogen-bond donors (Lipinski definition) is 3. The molecule has 2 heterocycles. The molecule has 0 bridgehead atoms. The van der Waals surface area contributed by atoms with Gasteiger partial charge in [-0.25, -0.2) is 19.9 Å². The van der Waals surface area contributed by atoms with Gasteiger partial charge < -0.3 is 10.4 Å². The summed E-state index contributed by atoms with van der Waals surface area (Å²) < 4.78 is 0. The molecule has 0 atom stereocenters. The molecule has 1 amide bonds. The number of nitrogens with one attached hydrogen (secondary N) is 2. The summed E-state index contributed by atoms with van der Waals surface area (Å²) in [4.78, 5) is 42.2. The van der Waals surface area contributed by atoms with Gasteiger partial charge in [-0.1, -0.05) is 0 Å². The lowest BCUT2D eigenvalue weighted by atomic mass is 10.1. The molecule has 2 rings (SSSR count). The van der Waals surface area contributed by atoms with E-state index in [-0.39, 0.29) is 11.4 Å². The highest BCUT2D eigenvalue weighted by atomic mass is 16.4. The molecule has 9 heteroatoms. The summed E-state index contributed by atoms with van der Waals surface area (Å²) in [6, 6.07) is 0. The third-order valence-electron chi connectivity index (χ3n) is 2.83. The average Bonchev–Trinajstić information content (AvgIpc) is 2.43. The number of nitrogens with zero attached hydrogens (tertiary/aromatic N) is 3. The third kappa shape index (κ3) is 2.76. The lowest BCUT2D eigenvalue weighted by molar-refractivity contribution is 0.0691. The van der Waals surface area contributed by atoms with Gasteiger partial charge in [-0.2, -0.15) is 5.10 Å². The molecule has 2 aromatic heterocycles. The van der Waals surface area contributed by atoms with Gasteiger partial charge in [0, 0.05) is 12.4 Å². The molecular weight excluding hydrogens is 278 g/mol. The van der Waals surface area contributed by atoms with Crippen LogP contribution in [0.3, 0.4) is 0 Å². The number of rotatable bonds is 3. The lowest BCUT2D eigenvalue weighted by Crippen LogP contribution is -2.27. The van der Waals surface area contributed by atoms with Crippen molar-refractivity contribution in [2.75, 3.05) is 5.32 Å². The standard InChI is InChI=1S/C12H11N5O4/c1-5-6(2)16-17-11(19)7(5)10(18)15-9-8(12(20)21)13-3-4-14-9/h3-4H,1-2H3,(H,17,19)(H,20,21)(H,14,15,18). The van der Waals surface area contributed by atoms with Crippen molar-refractivity contribution in [3.8, 4) is 0 Å². The van der Waals surface area contributed by atoms with E-state index in [4.69, 9.17) is 5.11 Å². The van der Waals surface area contributed by atoms with E-state index in [9.17, 15) is 14.4 Å². The Hall–Kier alpha value is -3.10. The van der Waals surface area contributed by atoms with Gasteiger partial charge in [-0.05, 0) is 19.4 Å². The number of carboxylic acids is 1. The normalized spacial score (nSPS) is 10.2. The molecule has 108 valence electrons. The summed E-state index contributed by atoms with van der Waals surface area (Å²) in [5, 5.41) is 17.2. The number of H-pyrrole nitrogens is 1. The quantitative estimate of drug-likeness (QED) is 0.729. The molecule has 0 saturated carbocycles. The molecule has 0 aliphatic heterocycles. The molecule has 0 spiro atoms. The Morgan fingerprint density at radius 1 is 1.24 bits per heavy atom. The van der Waals surface area contributed by atoms with Crippen LogP contribution in [0.4, 0.5) is 5.82 Å². The number of anilines is 1. The van der Waals surface area contributed by atoms with Gasteiger partial charge in [0.2, 0.25) is 0 Å². The van der Waals surface area contributed by atoms with Gasteiger partial charge in [0.1, 0.15) is 5.56 Å². The first-order valence-electron chi connectivity index (χ1n) is 5.83. The summed E-state index contributed by atoms with van der Waals surface area (Å²) in [5.74, 6) is -2.35. The van der Waals surface area contributed by atoms with Crippen molar-refractivity contribution in [2.24, 2.45) is 0 Å². The van der Waals surface area contributed by atoms with E-state index in [1.165, 1.54) is 12.4 Å². The number of carbonyl (C=O) groups is 2. The number of aromatic amines is 1. The van der Waals surface area contributed by atoms with Crippen LogP contribution in [0.15, 0.2) is 17.2 Å². The molecule has 3 N–H and O–H groups in total. The zero-order chi connectivity index (χ0) is 15.6. The SMILES string of the molecule is Cc1n[nH]c(=O)c(C(=O)Nc2nccnc2C(=O)O)c1C. The Morgan fingerprint density at radius 3 is 2.57 bits per heavy atom. The van der Waals surface area contributed by atoms with Crippen LogP contribution < -0.4 is 10.9 Å². The van der Waals surface area contributed by atoms with Crippen LogP contribution >= 0.6 is 0 Å². The Kier molecular flexibility index (Phi) is 3.74. The minimum atomic E-state index is -1.34. The maximum Gasteiger partial charge on any atom is 0.358 e. The minimum Gasteiger partial charge on any atom is -0.476 e. The van der Waals surface area contributed by atoms with E-state index in [1.54, 1.807) is 13.8 Å². The van der Waals surface area contributed by atoms with Crippen molar-refractivity contribution in [1.29, 1.82) is 0 Å². The summed E-state index contributed by atoms with van der Waals surface area (Å²) in [6.45, 7) is 3.20. The van der Waals surface area contributed by atoms with Gasteiger partial charge in [-0.15, -0.1) is 0 Å². The molecular formula is C12H11N5O4. The molecule has 0 aliphatic rings. The fourth-order valence-corrected chi connectivity index (χ4v) is 1.66. The second-order valence-corrected chi connectivity index (χ2v) is 4.15. The highest BCUT2D eigenvalue weighted by Gasteiger charge is 2.20. The van der Waals surface area contributed by atoms with Crippen molar-refractivity contribution in [3.63, 3.8) is 0 Å². The number of aryl methyl sites for hydroxylation is 1. The predicted molar refractivity (Wildman–Crippen MR) is 71.3 cm³/mol. The number of carboxylic acid groups (broad SMARTS) is 1. The van der Waals surface area contributed by atoms with E-state index in [1.807, 2.05) is 0 Å². The Balaban J connectivity index is 2.43. The molecule has 0 saturated heterocycles. The first kappa shape index (κ1) is 14.3. The van der Waals surface area contributed by atoms with Crippen molar-refractivity contribution in [3.05, 3.63) is 45.3 Å². The van der Waals surface area contributed by atoms with Gasteiger partial charge in [0.25, 0.3) is 11.5 Å². The Bertz CT molecular complexity index is 783. The number of aromatic carboxylic acids is 1.